The Morgan fingerprint density at radius 2 is 1.64 bits per heavy atom. The number of nitrogens with zero attached hydrogens (tertiary/aromatic N) is 2. The van der Waals surface area contributed by atoms with Crippen molar-refractivity contribution in [3.05, 3.63) is 0 Å². The molecule has 0 amide bonds. The van der Waals surface area contributed by atoms with Crippen molar-refractivity contribution in [1.82, 2.24) is 5.32 Å². The minimum absolute atomic E-state index is 0.0660. The predicted molar refractivity (Wildman–Crippen MR) is 45.9 cm³/mol. The zero-order chi connectivity index (χ0) is 7.57. The van der Waals surface area contributed by atoms with Crippen molar-refractivity contribution in [3.8, 4) is 0 Å². The molecule has 1 fully saturated rings. The Labute approximate surface area is 66.6 Å². The van der Waals surface area contributed by atoms with Gasteiger partial charge in [-0.05, 0) is 25.7 Å². The van der Waals surface area contributed by atoms with Crippen molar-refractivity contribution in [2.45, 2.75) is 37.8 Å². The molecule has 1 heterocycles. The highest BCUT2D eigenvalue weighted by Crippen LogP contribution is 2.32. The Kier molecular flexibility index (Phi) is 1.64. The second kappa shape index (κ2) is 2.64. The fraction of sp³-hybridized carbons (Fsp3) is 0.750. The average molecular weight is 151 g/mol. The molecular formula is C8H13N3. The molecule has 0 atom stereocenters. The Hall–Kier alpha value is -0.860. The van der Waals surface area contributed by atoms with Crippen molar-refractivity contribution >= 4 is 12.7 Å². The summed E-state index contributed by atoms with van der Waals surface area (Å²) in [6, 6.07) is 0. The average Bonchev–Trinajstić information content (AvgIpc) is 2.07. The molecule has 1 aliphatic carbocycles. The van der Waals surface area contributed by atoms with Crippen LogP contribution in [0.4, 0.5) is 0 Å². The van der Waals surface area contributed by atoms with Gasteiger partial charge in [-0.1, -0.05) is 6.42 Å². The van der Waals surface area contributed by atoms with Gasteiger partial charge in [0.25, 0.3) is 0 Å². The van der Waals surface area contributed by atoms with Crippen LogP contribution in [0.1, 0.15) is 32.1 Å². The molecule has 0 radical (unpaired) electrons. The number of aliphatic imine (C=N–C) groups is 2. The molecule has 60 valence electrons. The first-order chi connectivity index (χ1) is 5.41. The van der Waals surface area contributed by atoms with Crippen molar-refractivity contribution in [1.29, 1.82) is 0 Å². The summed E-state index contributed by atoms with van der Waals surface area (Å²) in [5, 5.41) is 2.87. The third-order valence-electron chi connectivity index (χ3n) is 2.41. The number of rotatable bonds is 0. The fourth-order valence-corrected chi connectivity index (χ4v) is 1.76. The van der Waals surface area contributed by atoms with E-state index in [1.807, 2.05) is 0 Å². The molecule has 0 aromatic rings. The predicted octanol–water partition coefficient (Wildman–Crippen LogP) is 1.31. The topological polar surface area (TPSA) is 36.8 Å². The first kappa shape index (κ1) is 6.83. The van der Waals surface area contributed by atoms with Crippen LogP contribution in [-0.4, -0.2) is 18.3 Å². The van der Waals surface area contributed by atoms with E-state index in [4.69, 9.17) is 0 Å². The lowest BCUT2D eigenvalue weighted by Crippen LogP contribution is -2.33. The van der Waals surface area contributed by atoms with E-state index in [9.17, 15) is 0 Å². The minimum atomic E-state index is -0.0660. The maximum Gasteiger partial charge on any atom is 0.153 e. The van der Waals surface area contributed by atoms with Crippen LogP contribution < -0.4 is 5.32 Å². The molecule has 3 heteroatoms. The van der Waals surface area contributed by atoms with E-state index in [-0.39, 0.29) is 5.66 Å². The van der Waals surface area contributed by atoms with Crippen LogP contribution >= 0.6 is 0 Å². The van der Waals surface area contributed by atoms with Gasteiger partial charge in [-0.2, -0.15) is 0 Å². The van der Waals surface area contributed by atoms with Crippen molar-refractivity contribution in [2.24, 2.45) is 9.98 Å². The highest BCUT2D eigenvalue weighted by molar-refractivity contribution is 5.77. The SMILES string of the molecule is C1=NC2(CCCCC2)N=CN1. The van der Waals surface area contributed by atoms with Gasteiger partial charge in [-0.15, -0.1) is 0 Å². The summed E-state index contributed by atoms with van der Waals surface area (Å²) in [7, 11) is 0. The lowest BCUT2D eigenvalue weighted by Gasteiger charge is -2.30. The molecule has 1 spiro atoms. The van der Waals surface area contributed by atoms with Crippen LogP contribution in [0.2, 0.25) is 0 Å². The summed E-state index contributed by atoms with van der Waals surface area (Å²) >= 11 is 0. The molecule has 1 saturated carbocycles. The summed E-state index contributed by atoms with van der Waals surface area (Å²) in [5.41, 5.74) is -0.0660. The summed E-state index contributed by atoms with van der Waals surface area (Å²) in [5.74, 6) is 0. The maximum absolute atomic E-state index is 4.39. The molecule has 0 aromatic carbocycles. The van der Waals surface area contributed by atoms with Gasteiger partial charge in [0.15, 0.2) is 5.66 Å². The summed E-state index contributed by atoms with van der Waals surface area (Å²) in [6.07, 6.45) is 9.67. The summed E-state index contributed by atoms with van der Waals surface area (Å²) in [4.78, 5) is 8.77. The Morgan fingerprint density at radius 3 is 2.27 bits per heavy atom. The molecule has 2 aliphatic rings. The molecule has 0 bridgehead atoms. The molecular weight excluding hydrogens is 138 g/mol. The fourth-order valence-electron chi connectivity index (χ4n) is 1.76. The van der Waals surface area contributed by atoms with Gasteiger partial charge in [0.2, 0.25) is 0 Å². The zero-order valence-corrected chi connectivity index (χ0v) is 6.58. The largest absolute Gasteiger partial charge is 0.338 e. The van der Waals surface area contributed by atoms with Crippen LogP contribution in [-0.2, 0) is 0 Å². The molecule has 2 rings (SSSR count). The first-order valence-corrected chi connectivity index (χ1v) is 4.25. The van der Waals surface area contributed by atoms with E-state index in [1.165, 1.54) is 19.3 Å². The maximum atomic E-state index is 4.39. The van der Waals surface area contributed by atoms with Gasteiger partial charge in [0, 0.05) is 0 Å². The van der Waals surface area contributed by atoms with Gasteiger partial charge in [-0.25, -0.2) is 9.98 Å². The van der Waals surface area contributed by atoms with E-state index >= 15 is 0 Å². The van der Waals surface area contributed by atoms with Crippen LogP contribution in [0.15, 0.2) is 9.98 Å². The van der Waals surface area contributed by atoms with Crippen LogP contribution in [0.25, 0.3) is 0 Å². The van der Waals surface area contributed by atoms with Gasteiger partial charge < -0.3 is 5.32 Å². The summed E-state index contributed by atoms with van der Waals surface area (Å²) in [6.45, 7) is 0. The standard InChI is InChI=1S/C8H13N3/c1-2-4-8(5-3-1)10-6-9-7-11-8/h6-7H,1-5H2,(H,9,10,11). The van der Waals surface area contributed by atoms with Crippen LogP contribution in [0, 0.1) is 0 Å². The van der Waals surface area contributed by atoms with Gasteiger partial charge in [-0.3, -0.25) is 0 Å². The molecule has 3 nitrogen and oxygen atoms in total. The van der Waals surface area contributed by atoms with E-state index < -0.39 is 0 Å². The monoisotopic (exact) mass is 151 g/mol. The zero-order valence-electron chi connectivity index (χ0n) is 6.58. The number of nitrogens with one attached hydrogen (secondary N) is 1. The van der Waals surface area contributed by atoms with E-state index in [1.54, 1.807) is 12.7 Å². The van der Waals surface area contributed by atoms with Crippen molar-refractivity contribution in [2.75, 3.05) is 0 Å². The third kappa shape index (κ3) is 1.27. The lowest BCUT2D eigenvalue weighted by molar-refractivity contribution is 0.310. The second-order valence-electron chi connectivity index (χ2n) is 3.23. The number of hydrogen-bond acceptors (Lipinski definition) is 3. The second-order valence-corrected chi connectivity index (χ2v) is 3.23. The molecule has 0 saturated heterocycles. The minimum Gasteiger partial charge on any atom is -0.338 e. The Bertz CT molecular complexity index is 176. The highest BCUT2D eigenvalue weighted by atomic mass is 15.2. The normalized spacial score (nSPS) is 26.9. The third-order valence-corrected chi connectivity index (χ3v) is 2.41. The van der Waals surface area contributed by atoms with E-state index in [2.05, 4.69) is 15.3 Å². The molecule has 0 unspecified atom stereocenters. The van der Waals surface area contributed by atoms with E-state index in [0.29, 0.717) is 0 Å². The van der Waals surface area contributed by atoms with Crippen molar-refractivity contribution < 1.29 is 0 Å². The number of hydrogen-bond donors (Lipinski definition) is 1. The Morgan fingerprint density at radius 1 is 1.00 bits per heavy atom. The molecule has 1 N–H and O–H groups in total. The van der Waals surface area contributed by atoms with Gasteiger partial charge in [0.1, 0.15) is 0 Å². The van der Waals surface area contributed by atoms with Gasteiger partial charge in [0.05, 0.1) is 12.7 Å². The first-order valence-electron chi connectivity index (χ1n) is 4.25. The van der Waals surface area contributed by atoms with Crippen LogP contribution in [0.3, 0.4) is 0 Å². The molecule has 0 aromatic heterocycles. The molecule has 11 heavy (non-hydrogen) atoms. The van der Waals surface area contributed by atoms with Crippen molar-refractivity contribution in [3.63, 3.8) is 0 Å². The van der Waals surface area contributed by atoms with Gasteiger partial charge >= 0.3 is 0 Å². The highest BCUT2D eigenvalue weighted by Gasteiger charge is 2.30. The summed E-state index contributed by atoms with van der Waals surface area (Å²) < 4.78 is 0. The lowest BCUT2D eigenvalue weighted by atomic mass is 9.90. The Balaban J connectivity index is 2.12. The van der Waals surface area contributed by atoms with Crippen LogP contribution in [0.5, 0.6) is 0 Å². The van der Waals surface area contributed by atoms with E-state index in [0.717, 1.165) is 12.8 Å². The smallest absolute Gasteiger partial charge is 0.153 e. The quantitative estimate of drug-likeness (QED) is 0.556. The molecule has 1 aliphatic heterocycles.